The zero-order chi connectivity index (χ0) is 15.3. The van der Waals surface area contributed by atoms with Gasteiger partial charge < -0.3 is 15.3 Å². The highest BCUT2D eigenvalue weighted by molar-refractivity contribution is 9.10. The molecule has 0 aromatic carbocycles. The van der Waals surface area contributed by atoms with Crippen molar-refractivity contribution in [2.75, 3.05) is 6.54 Å². The van der Waals surface area contributed by atoms with Gasteiger partial charge in [0.15, 0.2) is 0 Å². The third-order valence-electron chi connectivity index (χ3n) is 2.64. The molecule has 0 spiro atoms. The average Bonchev–Trinajstić information content (AvgIpc) is 2.70. The molecule has 0 aliphatic carbocycles. The Labute approximate surface area is 131 Å². The molecule has 0 unspecified atom stereocenters. The number of hydrogen-bond donors (Lipinski definition) is 2. The van der Waals surface area contributed by atoms with Crippen LogP contribution in [0.5, 0.6) is 0 Å². The second kappa shape index (κ2) is 7.08. The van der Waals surface area contributed by atoms with Crippen LogP contribution in [-0.4, -0.2) is 34.1 Å². The number of nitrogens with zero attached hydrogens (tertiary/aromatic N) is 1. The smallest absolute Gasteiger partial charge is 0.318 e. The molecule has 1 heterocycles. The standard InChI is InChI=1S/C13H19BrN2O3S/c1-13(2,3)16(5-4-11(17)18)12(19)15-7-10-6-9(14)8-20-10/h6,8H,4-5,7H2,1-3H3,(H,15,19)(H,17,18). The van der Waals surface area contributed by atoms with Crippen molar-refractivity contribution in [1.29, 1.82) is 0 Å². The Bertz CT molecular complexity index is 482. The van der Waals surface area contributed by atoms with Crippen molar-refractivity contribution in [3.63, 3.8) is 0 Å². The first-order chi connectivity index (χ1) is 9.20. The Morgan fingerprint density at radius 2 is 2.10 bits per heavy atom. The largest absolute Gasteiger partial charge is 0.481 e. The molecule has 1 aromatic heterocycles. The second-order valence-electron chi connectivity index (χ2n) is 5.36. The topological polar surface area (TPSA) is 69.6 Å². The number of carbonyl (C=O) groups excluding carboxylic acids is 1. The summed E-state index contributed by atoms with van der Waals surface area (Å²) in [7, 11) is 0. The lowest BCUT2D eigenvalue weighted by atomic mass is 10.1. The summed E-state index contributed by atoms with van der Waals surface area (Å²) in [5, 5.41) is 13.5. The van der Waals surface area contributed by atoms with E-state index in [0.29, 0.717) is 6.54 Å². The molecule has 0 aliphatic rings. The van der Waals surface area contributed by atoms with E-state index in [-0.39, 0.29) is 19.0 Å². The van der Waals surface area contributed by atoms with Gasteiger partial charge in [-0.15, -0.1) is 11.3 Å². The Hall–Kier alpha value is -1.08. The maximum Gasteiger partial charge on any atom is 0.318 e. The van der Waals surface area contributed by atoms with Crippen LogP contribution in [0.15, 0.2) is 15.9 Å². The molecular formula is C13H19BrN2O3S. The van der Waals surface area contributed by atoms with E-state index in [4.69, 9.17) is 5.11 Å². The molecule has 0 bridgehead atoms. The summed E-state index contributed by atoms with van der Waals surface area (Å²) < 4.78 is 0.991. The Morgan fingerprint density at radius 1 is 1.45 bits per heavy atom. The van der Waals surface area contributed by atoms with Crippen LogP contribution < -0.4 is 5.32 Å². The summed E-state index contributed by atoms with van der Waals surface area (Å²) in [4.78, 5) is 25.5. The Balaban J connectivity index is 2.61. The van der Waals surface area contributed by atoms with Crippen LogP contribution in [0.25, 0.3) is 0 Å². The molecule has 112 valence electrons. The normalized spacial score (nSPS) is 11.2. The number of carboxylic acids is 1. The minimum Gasteiger partial charge on any atom is -0.481 e. The van der Waals surface area contributed by atoms with Crippen molar-refractivity contribution in [1.82, 2.24) is 10.2 Å². The predicted molar refractivity (Wildman–Crippen MR) is 83.0 cm³/mol. The summed E-state index contributed by atoms with van der Waals surface area (Å²) in [5.41, 5.74) is -0.421. The van der Waals surface area contributed by atoms with Gasteiger partial charge in [0, 0.05) is 26.8 Å². The van der Waals surface area contributed by atoms with Gasteiger partial charge in [-0.25, -0.2) is 4.79 Å². The SMILES string of the molecule is CC(C)(C)N(CCC(=O)O)C(=O)NCc1cc(Br)cs1. The summed E-state index contributed by atoms with van der Waals surface area (Å²) in [6.45, 7) is 6.29. The van der Waals surface area contributed by atoms with Gasteiger partial charge >= 0.3 is 12.0 Å². The second-order valence-corrected chi connectivity index (χ2v) is 7.27. The zero-order valence-electron chi connectivity index (χ0n) is 11.8. The maximum atomic E-state index is 12.2. The number of aliphatic carboxylic acids is 1. The summed E-state index contributed by atoms with van der Waals surface area (Å²) in [6.07, 6.45) is -0.0603. The van der Waals surface area contributed by atoms with Crippen LogP contribution >= 0.6 is 27.3 Å². The number of halogens is 1. The number of carbonyl (C=O) groups is 2. The summed E-state index contributed by atoms with van der Waals surface area (Å²) in [5.74, 6) is -0.908. The van der Waals surface area contributed by atoms with Gasteiger partial charge in [0.25, 0.3) is 0 Å². The molecule has 0 saturated heterocycles. The van der Waals surface area contributed by atoms with Crippen molar-refractivity contribution in [3.05, 3.63) is 20.8 Å². The molecule has 1 rings (SSSR count). The lowest BCUT2D eigenvalue weighted by molar-refractivity contribution is -0.137. The van der Waals surface area contributed by atoms with E-state index < -0.39 is 11.5 Å². The van der Waals surface area contributed by atoms with Crippen molar-refractivity contribution in [2.45, 2.75) is 39.3 Å². The molecule has 0 radical (unpaired) electrons. The van der Waals surface area contributed by atoms with Gasteiger partial charge in [-0.1, -0.05) is 0 Å². The molecule has 0 aliphatic heterocycles. The third kappa shape index (κ3) is 5.50. The van der Waals surface area contributed by atoms with Crippen LogP contribution in [0.2, 0.25) is 0 Å². The summed E-state index contributed by atoms with van der Waals surface area (Å²) in [6, 6.07) is 1.70. The lowest BCUT2D eigenvalue weighted by Crippen LogP contribution is -2.50. The van der Waals surface area contributed by atoms with Crippen LogP contribution in [0.4, 0.5) is 4.79 Å². The first kappa shape index (κ1) is 17.0. The van der Waals surface area contributed by atoms with Gasteiger partial charge in [0.05, 0.1) is 13.0 Å². The fraction of sp³-hybridized carbons (Fsp3) is 0.538. The van der Waals surface area contributed by atoms with E-state index in [1.807, 2.05) is 32.2 Å². The van der Waals surface area contributed by atoms with Crippen molar-refractivity contribution in [2.24, 2.45) is 0 Å². The molecular weight excluding hydrogens is 344 g/mol. The Morgan fingerprint density at radius 3 is 2.55 bits per heavy atom. The molecule has 5 nitrogen and oxygen atoms in total. The van der Waals surface area contributed by atoms with E-state index >= 15 is 0 Å². The highest BCUT2D eigenvalue weighted by Crippen LogP contribution is 2.20. The quantitative estimate of drug-likeness (QED) is 0.843. The lowest BCUT2D eigenvalue weighted by Gasteiger charge is -2.35. The van der Waals surface area contributed by atoms with Crippen LogP contribution in [0.3, 0.4) is 0 Å². The van der Waals surface area contributed by atoms with Gasteiger partial charge in [-0.05, 0) is 42.8 Å². The molecule has 20 heavy (non-hydrogen) atoms. The highest BCUT2D eigenvalue weighted by atomic mass is 79.9. The minimum absolute atomic E-state index is 0.0603. The fourth-order valence-corrected chi connectivity index (χ4v) is 3.04. The molecule has 2 amide bonds. The minimum atomic E-state index is -0.908. The van der Waals surface area contributed by atoms with Gasteiger partial charge in [0.1, 0.15) is 0 Å². The van der Waals surface area contributed by atoms with Crippen LogP contribution in [0.1, 0.15) is 32.1 Å². The maximum absolute atomic E-state index is 12.2. The molecule has 1 aromatic rings. The van der Waals surface area contributed by atoms with E-state index in [0.717, 1.165) is 9.35 Å². The van der Waals surface area contributed by atoms with Gasteiger partial charge in [-0.2, -0.15) is 0 Å². The number of nitrogens with one attached hydrogen (secondary N) is 1. The van der Waals surface area contributed by atoms with Gasteiger partial charge in [0.2, 0.25) is 0 Å². The average molecular weight is 363 g/mol. The van der Waals surface area contributed by atoms with Crippen molar-refractivity contribution < 1.29 is 14.7 Å². The fourth-order valence-electron chi connectivity index (χ4n) is 1.65. The zero-order valence-corrected chi connectivity index (χ0v) is 14.2. The highest BCUT2D eigenvalue weighted by Gasteiger charge is 2.26. The molecule has 7 heteroatoms. The molecule has 0 saturated carbocycles. The Kier molecular flexibility index (Phi) is 6.01. The first-order valence-electron chi connectivity index (χ1n) is 6.20. The number of thiophene rings is 1. The number of rotatable bonds is 5. The van der Waals surface area contributed by atoms with Gasteiger partial charge in [-0.3, -0.25) is 4.79 Å². The van der Waals surface area contributed by atoms with E-state index in [1.165, 1.54) is 0 Å². The molecule has 2 N–H and O–H groups in total. The van der Waals surface area contributed by atoms with Crippen LogP contribution in [-0.2, 0) is 11.3 Å². The monoisotopic (exact) mass is 362 g/mol. The summed E-state index contributed by atoms with van der Waals surface area (Å²) >= 11 is 4.92. The number of hydrogen-bond acceptors (Lipinski definition) is 3. The van der Waals surface area contributed by atoms with Crippen LogP contribution in [0, 0.1) is 0 Å². The van der Waals surface area contributed by atoms with E-state index in [9.17, 15) is 9.59 Å². The first-order valence-corrected chi connectivity index (χ1v) is 7.87. The molecule has 0 fully saturated rings. The molecule has 0 atom stereocenters. The van der Waals surface area contributed by atoms with E-state index in [1.54, 1.807) is 16.2 Å². The van der Waals surface area contributed by atoms with E-state index in [2.05, 4.69) is 21.2 Å². The predicted octanol–water partition coefficient (Wildman–Crippen LogP) is 3.30. The number of amides is 2. The van der Waals surface area contributed by atoms with Crippen molar-refractivity contribution in [3.8, 4) is 0 Å². The number of urea groups is 1. The third-order valence-corrected chi connectivity index (χ3v) is 4.34. The number of carboxylic acid groups (broad SMARTS) is 1. The van der Waals surface area contributed by atoms with Crippen molar-refractivity contribution >= 4 is 39.3 Å².